The van der Waals surface area contributed by atoms with Gasteiger partial charge in [0.15, 0.2) is 10.3 Å². The van der Waals surface area contributed by atoms with Crippen LogP contribution in [0.3, 0.4) is 0 Å². The summed E-state index contributed by atoms with van der Waals surface area (Å²) >= 11 is 3.00. The molecule has 0 saturated heterocycles. The lowest BCUT2D eigenvalue weighted by Crippen LogP contribution is -2.20. The number of anilines is 3. The van der Waals surface area contributed by atoms with Gasteiger partial charge in [0.2, 0.25) is 17.8 Å². The van der Waals surface area contributed by atoms with Crippen LogP contribution in [0.15, 0.2) is 80.8 Å². The maximum absolute atomic E-state index is 4.58. The monoisotopic (exact) mass is 520 g/mol. The van der Waals surface area contributed by atoms with Crippen molar-refractivity contribution in [2.75, 3.05) is 49.2 Å². The fraction of sp³-hybridized carbons (Fsp3) is 0.250. The van der Waals surface area contributed by atoms with Crippen LogP contribution in [0.1, 0.15) is 5.82 Å². The van der Waals surface area contributed by atoms with Gasteiger partial charge in [-0.15, -0.1) is 0 Å². The molecule has 186 valence electrons. The average molecular weight is 521 g/mol. The van der Waals surface area contributed by atoms with E-state index in [0.717, 1.165) is 16.3 Å². The second kappa shape index (κ2) is 13.6. The molecule has 0 saturated carbocycles. The molecule has 2 aromatic carbocycles. The Morgan fingerprint density at radius 2 is 1.00 bits per heavy atom. The van der Waals surface area contributed by atoms with E-state index in [4.69, 9.17) is 0 Å². The van der Waals surface area contributed by atoms with E-state index in [0.29, 0.717) is 53.6 Å². The van der Waals surface area contributed by atoms with Gasteiger partial charge in [0, 0.05) is 36.0 Å². The van der Waals surface area contributed by atoms with Gasteiger partial charge < -0.3 is 21.3 Å². The largest absolute Gasteiger partial charge is 0.353 e. The Kier molecular flexibility index (Phi) is 9.65. The second-order valence-corrected chi connectivity index (χ2v) is 9.55. The minimum atomic E-state index is 0.504. The van der Waals surface area contributed by atoms with E-state index >= 15 is 0 Å². The Labute approximate surface area is 219 Å². The highest BCUT2D eigenvalue weighted by atomic mass is 32.2. The molecule has 12 heteroatoms. The molecule has 4 N–H and O–H groups in total. The maximum atomic E-state index is 4.58. The maximum Gasteiger partial charge on any atom is 0.228 e. The van der Waals surface area contributed by atoms with Crippen molar-refractivity contribution in [2.24, 2.45) is 0 Å². The molecule has 36 heavy (non-hydrogen) atoms. The Morgan fingerprint density at radius 1 is 0.556 bits per heavy atom. The summed E-state index contributed by atoms with van der Waals surface area (Å²) in [4.78, 5) is 29.1. The summed E-state index contributed by atoms with van der Waals surface area (Å²) in [6.07, 6.45) is 0. The normalized spacial score (nSPS) is 10.7. The molecule has 4 rings (SSSR count). The number of aryl methyl sites for hydroxylation is 1. The number of hydrogen-bond acceptors (Lipinski definition) is 12. The molecule has 0 aliphatic carbocycles. The summed E-state index contributed by atoms with van der Waals surface area (Å²) in [5.74, 6) is 2.23. The minimum Gasteiger partial charge on any atom is -0.353 e. The van der Waals surface area contributed by atoms with Crippen molar-refractivity contribution in [3.05, 3.63) is 66.5 Å². The molecule has 0 atom stereocenters. The Bertz CT molecular complexity index is 1230. The van der Waals surface area contributed by atoms with E-state index in [1.165, 1.54) is 23.5 Å². The third-order valence-corrected chi connectivity index (χ3v) is 6.34. The Hall–Kier alpha value is -3.48. The van der Waals surface area contributed by atoms with Crippen LogP contribution in [-0.2, 0) is 0 Å². The number of rotatable bonds is 13. The van der Waals surface area contributed by atoms with Crippen molar-refractivity contribution in [3.63, 3.8) is 0 Å². The van der Waals surface area contributed by atoms with Crippen LogP contribution < -0.4 is 21.3 Å². The van der Waals surface area contributed by atoms with E-state index < -0.39 is 0 Å². The predicted octanol–water partition coefficient (Wildman–Crippen LogP) is 3.82. The molecule has 2 heterocycles. The summed E-state index contributed by atoms with van der Waals surface area (Å²) < 4.78 is 0. The first kappa shape index (κ1) is 25.6. The van der Waals surface area contributed by atoms with Crippen LogP contribution in [0.2, 0.25) is 0 Å². The van der Waals surface area contributed by atoms with Crippen molar-refractivity contribution in [3.8, 4) is 0 Å². The predicted molar refractivity (Wildman–Crippen MR) is 145 cm³/mol. The van der Waals surface area contributed by atoms with Crippen LogP contribution >= 0.6 is 23.5 Å². The van der Waals surface area contributed by atoms with Gasteiger partial charge >= 0.3 is 0 Å². The van der Waals surface area contributed by atoms with Crippen molar-refractivity contribution < 1.29 is 0 Å². The van der Waals surface area contributed by atoms with Gasteiger partial charge in [0.05, 0.1) is 0 Å². The van der Waals surface area contributed by atoms with Crippen molar-refractivity contribution in [2.45, 2.75) is 27.0 Å². The van der Waals surface area contributed by atoms with Gasteiger partial charge in [0.1, 0.15) is 5.82 Å². The van der Waals surface area contributed by atoms with E-state index in [1.54, 1.807) is 0 Å². The summed E-state index contributed by atoms with van der Waals surface area (Å²) in [7, 11) is 1.91. The van der Waals surface area contributed by atoms with Gasteiger partial charge in [0.25, 0.3) is 0 Å². The third kappa shape index (κ3) is 8.33. The first-order valence-electron chi connectivity index (χ1n) is 11.5. The molecule has 2 aromatic heterocycles. The van der Waals surface area contributed by atoms with Crippen LogP contribution in [0.4, 0.5) is 17.8 Å². The van der Waals surface area contributed by atoms with Crippen molar-refractivity contribution in [1.82, 2.24) is 35.2 Å². The first-order chi connectivity index (χ1) is 17.7. The quantitative estimate of drug-likeness (QED) is 0.191. The number of nitrogens with zero attached hydrogens (tertiary/aromatic N) is 6. The van der Waals surface area contributed by atoms with Crippen LogP contribution in [-0.4, -0.2) is 63.1 Å². The zero-order chi connectivity index (χ0) is 25.0. The number of likely N-dealkylation sites (N-methyl/N-ethyl adjacent to an activating group) is 1. The number of nitrogens with one attached hydrogen (secondary N) is 4. The minimum absolute atomic E-state index is 0.504. The highest BCUT2D eigenvalue weighted by Gasteiger charge is 2.09. The van der Waals surface area contributed by atoms with Crippen molar-refractivity contribution >= 4 is 41.4 Å². The molecular formula is C24H28N10S2. The van der Waals surface area contributed by atoms with Gasteiger partial charge in [-0.2, -0.15) is 24.9 Å². The Balaban J connectivity index is 1.36. The summed E-state index contributed by atoms with van der Waals surface area (Å²) in [6, 6.07) is 20.1. The average Bonchev–Trinajstić information content (AvgIpc) is 2.88. The lowest BCUT2D eigenvalue weighted by molar-refractivity contribution is 0.807. The Morgan fingerprint density at radius 3 is 1.50 bits per heavy atom. The molecule has 10 nitrogen and oxygen atoms in total. The molecule has 0 bridgehead atoms. The lowest BCUT2D eigenvalue weighted by atomic mass is 10.4. The topological polar surface area (TPSA) is 125 Å². The molecule has 4 aromatic rings. The number of aromatic nitrogens is 6. The fourth-order valence-corrected chi connectivity index (χ4v) is 4.56. The standard InChI is InChI=1S/C24H28N10S2/c1-17-29-20(32-23(30-17)35-18-9-5-3-6-10-18)27-15-16-28-22-31-21(26-14-13-25-2)33-24(34-22)36-19-11-7-4-8-12-19/h3-12,25H,13-16H2,1-2H3,(H,27,29,30,32)(H2,26,28,31,33,34). The van der Waals surface area contributed by atoms with Gasteiger partial charge in [-0.05, 0) is 61.8 Å². The SMILES string of the molecule is CNCCNc1nc(NCCNc2nc(C)nc(Sc3ccccc3)n2)nc(Sc2ccccc2)n1. The molecule has 0 aliphatic heterocycles. The molecular weight excluding hydrogens is 492 g/mol. The zero-order valence-electron chi connectivity index (χ0n) is 20.1. The summed E-state index contributed by atoms with van der Waals surface area (Å²) in [5, 5.41) is 14.1. The van der Waals surface area contributed by atoms with E-state index in [9.17, 15) is 0 Å². The molecule has 0 spiro atoms. The van der Waals surface area contributed by atoms with Crippen LogP contribution in [0.5, 0.6) is 0 Å². The number of hydrogen-bond donors (Lipinski definition) is 4. The van der Waals surface area contributed by atoms with Gasteiger partial charge in [-0.3, -0.25) is 0 Å². The van der Waals surface area contributed by atoms with Crippen molar-refractivity contribution in [1.29, 1.82) is 0 Å². The van der Waals surface area contributed by atoms with E-state index in [1.807, 2.05) is 74.6 Å². The van der Waals surface area contributed by atoms with Crippen LogP contribution in [0.25, 0.3) is 0 Å². The molecule has 0 fully saturated rings. The fourth-order valence-electron chi connectivity index (χ4n) is 2.98. The smallest absolute Gasteiger partial charge is 0.228 e. The van der Waals surface area contributed by atoms with Gasteiger partial charge in [-0.25, -0.2) is 4.98 Å². The van der Waals surface area contributed by atoms with E-state index in [-0.39, 0.29) is 0 Å². The van der Waals surface area contributed by atoms with Crippen LogP contribution in [0, 0.1) is 6.92 Å². The second-order valence-electron chi connectivity index (χ2n) is 7.47. The molecule has 0 amide bonds. The van der Waals surface area contributed by atoms with Gasteiger partial charge in [-0.1, -0.05) is 36.4 Å². The highest BCUT2D eigenvalue weighted by molar-refractivity contribution is 7.99. The first-order valence-corrected chi connectivity index (χ1v) is 13.1. The number of benzene rings is 2. The lowest BCUT2D eigenvalue weighted by Gasteiger charge is -2.11. The molecule has 0 aliphatic rings. The molecule has 0 unspecified atom stereocenters. The summed E-state index contributed by atoms with van der Waals surface area (Å²) in [5.41, 5.74) is 0. The summed E-state index contributed by atoms with van der Waals surface area (Å²) in [6.45, 7) is 4.52. The third-order valence-electron chi connectivity index (χ3n) is 4.60. The molecule has 0 radical (unpaired) electrons. The highest BCUT2D eigenvalue weighted by Crippen LogP contribution is 2.26. The zero-order valence-corrected chi connectivity index (χ0v) is 21.7. The van der Waals surface area contributed by atoms with E-state index in [2.05, 4.69) is 51.2 Å².